The molecule has 20 heavy (non-hydrogen) atoms. The van der Waals surface area contributed by atoms with Gasteiger partial charge in [0.05, 0.1) is 12.8 Å². The average molecular weight is 274 g/mol. The lowest BCUT2D eigenvalue weighted by Gasteiger charge is -2.10. The van der Waals surface area contributed by atoms with Crippen molar-refractivity contribution in [2.75, 3.05) is 12.8 Å². The molecule has 0 atom stereocenters. The summed E-state index contributed by atoms with van der Waals surface area (Å²) in [6.07, 6.45) is 0. The van der Waals surface area contributed by atoms with Crippen LogP contribution >= 0.6 is 0 Å². The maximum Gasteiger partial charge on any atom is 0.341 e. The number of hydrogen-bond donors (Lipinski definition) is 2. The molecule has 0 spiro atoms. The summed E-state index contributed by atoms with van der Waals surface area (Å²) in [7, 11) is 1.52. The monoisotopic (exact) mass is 274 g/mol. The Hall–Kier alpha value is -2.76. The number of ether oxygens (including phenoxy) is 2. The highest BCUT2D eigenvalue weighted by Gasteiger charge is 2.15. The lowest BCUT2D eigenvalue weighted by Crippen LogP contribution is -2.07. The number of methoxy groups -OCH3 is 1. The first-order valence-corrected chi connectivity index (χ1v) is 5.86. The second-order valence-electron chi connectivity index (χ2n) is 3.99. The van der Waals surface area contributed by atoms with E-state index < -0.39 is 5.97 Å². The summed E-state index contributed by atoms with van der Waals surface area (Å²) < 4.78 is 10.5. The summed E-state index contributed by atoms with van der Waals surface area (Å²) in [4.78, 5) is 15.3. The fourth-order valence-electron chi connectivity index (χ4n) is 1.70. The number of anilines is 1. The Morgan fingerprint density at radius 1 is 1.30 bits per heavy atom. The van der Waals surface area contributed by atoms with E-state index in [1.807, 2.05) is 0 Å². The highest BCUT2D eigenvalue weighted by molar-refractivity contribution is 5.96. The van der Waals surface area contributed by atoms with E-state index in [1.165, 1.54) is 13.2 Å². The van der Waals surface area contributed by atoms with Gasteiger partial charge in [-0.1, -0.05) is 12.1 Å². The molecular formula is C14H14N2O4. The molecule has 0 amide bonds. The number of nitrogens with zero attached hydrogens (tertiary/aromatic N) is 1. The van der Waals surface area contributed by atoms with E-state index in [-0.39, 0.29) is 23.6 Å². The Bertz CT molecular complexity index is 628. The highest BCUT2D eigenvalue weighted by atomic mass is 16.5. The summed E-state index contributed by atoms with van der Waals surface area (Å²) in [5.41, 5.74) is 6.38. The Balaban J connectivity index is 2.18. The van der Waals surface area contributed by atoms with Crippen molar-refractivity contribution in [3.63, 3.8) is 0 Å². The Morgan fingerprint density at radius 3 is 2.75 bits per heavy atom. The van der Waals surface area contributed by atoms with E-state index >= 15 is 0 Å². The molecule has 0 aliphatic heterocycles. The SMILES string of the molecule is COc1cccc(COc2cccc(N)c2C(=O)O)n1. The second-order valence-corrected chi connectivity index (χ2v) is 3.99. The number of carboxylic acids is 1. The summed E-state index contributed by atoms with van der Waals surface area (Å²) in [5.74, 6) is -0.448. The van der Waals surface area contributed by atoms with Gasteiger partial charge in [-0.05, 0) is 18.2 Å². The van der Waals surface area contributed by atoms with E-state index in [1.54, 1.807) is 30.3 Å². The zero-order valence-electron chi connectivity index (χ0n) is 10.9. The van der Waals surface area contributed by atoms with Crippen LogP contribution in [0.3, 0.4) is 0 Å². The molecule has 0 saturated heterocycles. The standard InChI is InChI=1S/C14H14N2O4/c1-19-12-7-2-4-9(16-12)8-20-11-6-3-5-10(15)13(11)14(17)18/h2-7H,8,15H2,1H3,(H,17,18). The molecule has 1 heterocycles. The molecule has 0 bridgehead atoms. The maximum atomic E-state index is 11.2. The van der Waals surface area contributed by atoms with Crippen LogP contribution in [-0.4, -0.2) is 23.2 Å². The van der Waals surface area contributed by atoms with Gasteiger partial charge in [-0.2, -0.15) is 0 Å². The van der Waals surface area contributed by atoms with E-state index in [2.05, 4.69) is 4.98 Å². The van der Waals surface area contributed by atoms with Crippen molar-refractivity contribution in [1.82, 2.24) is 4.98 Å². The van der Waals surface area contributed by atoms with Crippen molar-refractivity contribution in [1.29, 1.82) is 0 Å². The zero-order valence-corrected chi connectivity index (χ0v) is 10.9. The highest BCUT2D eigenvalue weighted by Crippen LogP contribution is 2.25. The lowest BCUT2D eigenvalue weighted by molar-refractivity contribution is 0.0693. The molecule has 6 heteroatoms. The van der Waals surface area contributed by atoms with Crippen LogP contribution in [0.15, 0.2) is 36.4 Å². The normalized spacial score (nSPS) is 10.1. The second kappa shape index (κ2) is 5.92. The number of aromatic nitrogens is 1. The van der Waals surface area contributed by atoms with E-state index in [9.17, 15) is 4.79 Å². The van der Waals surface area contributed by atoms with Crippen LogP contribution in [0.4, 0.5) is 5.69 Å². The molecule has 0 saturated carbocycles. The van der Waals surface area contributed by atoms with Gasteiger partial charge in [0.1, 0.15) is 17.9 Å². The van der Waals surface area contributed by atoms with Crippen LogP contribution in [0.5, 0.6) is 11.6 Å². The Kier molecular flexibility index (Phi) is 4.05. The molecular weight excluding hydrogens is 260 g/mol. The topological polar surface area (TPSA) is 94.7 Å². The molecule has 0 fully saturated rings. The first-order chi connectivity index (χ1) is 9.61. The lowest BCUT2D eigenvalue weighted by atomic mass is 10.1. The van der Waals surface area contributed by atoms with Crippen LogP contribution in [0.2, 0.25) is 0 Å². The van der Waals surface area contributed by atoms with Gasteiger partial charge in [0.15, 0.2) is 0 Å². The third-order valence-electron chi connectivity index (χ3n) is 2.64. The van der Waals surface area contributed by atoms with Gasteiger partial charge in [-0.3, -0.25) is 0 Å². The molecule has 0 radical (unpaired) electrons. The maximum absolute atomic E-state index is 11.2. The third kappa shape index (κ3) is 2.97. The first kappa shape index (κ1) is 13.7. The number of nitrogen functional groups attached to an aromatic ring is 1. The van der Waals surface area contributed by atoms with Crippen molar-refractivity contribution in [3.8, 4) is 11.6 Å². The fraction of sp³-hybridized carbons (Fsp3) is 0.143. The quantitative estimate of drug-likeness (QED) is 0.809. The van der Waals surface area contributed by atoms with Crippen molar-refractivity contribution >= 4 is 11.7 Å². The van der Waals surface area contributed by atoms with E-state index in [0.717, 1.165) is 0 Å². The van der Waals surface area contributed by atoms with Crippen molar-refractivity contribution < 1.29 is 19.4 Å². The summed E-state index contributed by atoms with van der Waals surface area (Å²) in [5, 5.41) is 9.13. The number of hydrogen-bond acceptors (Lipinski definition) is 5. The molecule has 0 unspecified atom stereocenters. The fourth-order valence-corrected chi connectivity index (χ4v) is 1.70. The number of aromatic carboxylic acids is 1. The summed E-state index contributed by atoms with van der Waals surface area (Å²) >= 11 is 0. The van der Waals surface area contributed by atoms with Crippen molar-refractivity contribution in [3.05, 3.63) is 47.7 Å². The van der Waals surface area contributed by atoms with Gasteiger partial charge >= 0.3 is 5.97 Å². The van der Waals surface area contributed by atoms with Crippen molar-refractivity contribution in [2.45, 2.75) is 6.61 Å². The largest absolute Gasteiger partial charge is 0.486 e. The summed E-state index contributed by atoms with van der Waals surface area (Å²) in [6.45, 7) is 0.126. The molecule has 1 aromatic carbocycles. The van der Waals surface area contributed by atoms with Crippen LogP contribution in [0, 0.1) is 0 Å². The molecule has 2 aromatic rings. The molecule has 1 aromatic heterocycles. The molecule has 0 aliphatic rings. The minimum Gasteiger partial charge on any atom is -0.486 e. The predicted molar refractivity (Wildman–Crippen MR) is 72.9 cm³/mol. The Morgan fingerprint density at radius 2 is 2.05 bits per heavy atom. The minimum absolute atomic E-state index is 0.0459. The van der Waals surface area contributed by atoms with Gasteiger partial charge in [0, 0.05) is 11.8 Å². The molecule has 3 N–H and O–H groups in total. The predicted octanol–water partition coefficient (Wildman–Crippen LogP) is 1.95. The Labute approximate surface area is 115 Å². The molecule has 104 valence electrons. The molecule has 2 rings (SSSR count). The average Bonchev–Trinajstić information content (AvgIpc) is 2.45. The van der Waals surface area contributed by atoms with Crippen LogP contribution in [-0.2, 0) is 6.61 Å². The minimum atomic E-state index is -1.13. The number of pyridine rings is 1. The molecule has 0 aliphatic carbocycles. The smallest absolute Gasteiger partial charge is 0.341 e. The summed E-state index contributed by atoms with van der Waals surface area (Å²) in [6, 6.07) is 9.96. The third-order valence-corrected chi connectivity index (χ3v) is 2.64. The first-order valence-electron chi connectivity index (χ1n) is 5.86. The van der Waals surface area contributed by atoms with Crippen LogP contribution in [0.25, 0.3) is 0 Å². The molecule has 6 nitrogen and oxygen atoms in total. The van der Waals surface area contributed by atoms with E-state index in [4.69, 9.17) is 20.3 Å². The van der Waals surface area contributed by atoms with Gasteiger partial charge < -0.3 is 20.3 Å². The number of nitrogens with two attached hydrogens (primary N) is 1. The van der Waals surface area contributed by atoms with Gasteiger partial charge in [-0.25, -0.2) is 9.78 Å². The number of benzene rings is 1. The van der Waals surface area contributed by atoms with Crippen LogP contribution in [0.1, 0.15) is 16.1 Å². The zero-order chi connectivity index (χ0) is 14.5. The number of carbonyl (C=O) groups is 1. The van der Waals surface area contributed by atoms with Crippen LogP contribution < -0.4 is 15.2 Å². The van der Waals surface area contributed by atoms with Gasteiger partial charge in [0.2, 0.25) is 5.88 Å². The van der Waals surface area contributed by atoms with Gasteiger partial charge in [-0.15, -0.1) is 0 Å². The number of rotatable bonds is 5. The van der Waals surface area contributed by atoms with Gasteiger partial charge in [0.25, 0.3) is 0 Å². The van der Waals surface area contributed by atoms with E-state index in [0.29, 0.717) is 11.6 Å². The number of carboxylic acid groups (broad SMARTS) is 1. The van der Waals surface area contributed by atoms with Crippen molar-refractivity contribution in [2.24, 2.45) is 0 Å².